The molecule has 0 saturated carbocycles. The molecule has 2 rings (SSSR count). The van der Waals surface area contributed by atoms with Crippen molar-refractivity contribution in [3.8, 4) is 5.75 Å². The minimum absolute atomic E-state index is 0.157. The van der Waals surface area contributed by atoms with Crippen molar-refractivity contribution in [1.82, 2.24) is 5.43 Å². The third-order valence-electron chi connectivity index (χ3n) is 3.47. The van der Waals surface area contributed by atoms with E-state index in [1.807, 2.05) is 44.2 Å². The Labute approximate surface area is 157 Å². The lowest BCUT2D eigenvalue weighted by Gasteiger charge is -2.15. The van der Waals surface area contributed by atoms with Gasteiger partial charge in [-0.25, -0.2) is 5.43 Å². The second-order valence-corrected chi connectivity index (χ2v) is 6.67. The fraction of sp³-hybridized carbons (Fsp3) is 0.263. The Morgan fingerprint density at radius 1 is 1.08 bits per heavy atom. The first kappa shape index (κ1) is 19.3. The van der Waals surface area contributed by atoms with Crippen LogP contribution in [0.25, 0.3) is 0 Å². The molecule has 0 aliphatic rings. The molecule has 1 atom stereocenters. The third kappa shape index (κ3) is 5.48. The van der Waals surface area contributed by atoms with Crippen LogP contribution in [0, 0.1) is 5.92 Å². The summed E-state index contributed by atoms with van der Waals surface area (Å²) in [6.07, 6.45) is -0.758. The summed E-state index contributed by atoms with van der Waals surface area (Å²) >= 11 is 11.9. The van der Waals surface area contributed by atoms with Gasteiger partial charge in [-0.05, 0) is 36.6 Å². The average molecular weight is 379 g/mol. The number of ether oxygens (including phenoxy) is 1. The first-order valence-corrected chi connectivity index (χ1v) is 8.68. The number of benzene rings is 2. The second kappa shape index (κ2) is 8.88. The SMILES string of the molecule is CC(C)C(=NNC(=O)C(C)Oc1ccc(Cl)cc1Cl)c1ccccc1. The summed E-state index contributed by atoms with van der Waals surface area (Å²) < 4.78 is 5.59. The van der Waals surface area contributed by atoms with Crippen molar-refractivity contribution >= 4 is 34.8 Å². The van der Waals surface area contributed by atoms with Crippen LogP contribution in [0.2, 0.25) is 10.0 Å². The monoisotopic (exact) mass is 378 g/mol. The van der Waals surface area contributed by atoms with Crippen molar-refractivity contribution in [2.45, 2.75) is 26.9 Å². The molecule has 1 amide bonds. The van der Waals surface area contributed by atoms with Gasteiger partial charge in [0.1, 0.15) is 5.75 Å². The van der Waals surface area contributed by atoms with E-state index in [1.165, 1.54) is 0 Å². The van der Waals surface area contributed by atoms with Gasteiger partial charge in [-0.3, -0.25) is 4.79 Å². The molecule has 0 aliphatic carbocycles. The van der Waals surface area contributed by atoms with E-state index >= 15 is 0 Å². The number of halogens is 2. The summed E-state index contributed by atoms with van der Waals surface area (Å²) in [4.78, 5) is 12.3. The highest BCUT2D eigenvalue weighted by Crippen LogP contribution is 2.28. The van der Waals surface area contributed by atoms with E-state index in [1.54, 1.807) is 25.1 Å². The molecule has 0 radical (unpaired) electrons. The molecule has 6 heteroatoms. The van der Waals surface area contributed by atoms with Crippen LogP contribution in [-0.2, 0) is 4.79 Å². The average Bonchev–Trinajstić information content (AvgIpc) is 2.58. The van der Waals surface area contributed by atoms with Gasteiger partial charge in [0.2, 0.25) is 0 Å². The van der Waals surface area contributed by atoms with Gasteiger partial charge < -0.3 is 4.74 Å². The Hall–Kier alpha value is -2.04. The number of carbonyl (C=O) groups excluding carboxylic acids is 1. The fourth-order valence-corrected chi connectivity index (χ4v) is 2.61. The smallest absolute Gasteiger partial charge is 0.280 e. The van der Waals surface area contributed by atoms with Crippen molar-refractivity contribution < 1.29 is 9.53 Å². The minimum atomic E-state index is -0.758. The molecule has 0 bridgehead atoms. The van der Waals surface area contributed by atoms with Crippen molar-refractivity contribution in [3.63, 3.8) is 0 Å². The van der Waals surface area contributed by atoms with Crippen LogP contribution >= 0.6 is 23.2 Å². The summed E-state index contributed by atoms with van der Waals surface area (Å²) in [6.45, 7) is 5.67. The van der Waals surface area contributed by atoms with E-state index in [2.05, 4.69) is 10.5 Å². The lowest BCUT2D eigenvalue weighted by atomic mass is 10.0. The maximum atomic E-state index is 12.3. The quantitative estimate of drug-likeness (QED) is 0.571. The molecule has 0 heterocycles. The van der Waals surface area contributed by atoms with Crippen molar-refractivity contribution in [2.75, 3.05) is 0 Å². The first-order valence-electron chi connectivity index (χ1n) is 7.93. The van der Waals surface area contributed by atoms with Crippen LogP contribution in [0.4, 0.5) is 0 Å². The highest BCUT2D eigenvalue weighted by molar-refractivity contribution is 6.35. The zero-order chi connectivity index (χ0) is 18.4. The number of nitrogens with one attached hydrogen (secondary N) is 1. The Bertz CT molecular complexity index is 761. The maximum absolute atomic E-state index is 12.3. The lowest BCUT2D eigenvalue weighted by Crippen LogP contribution is -2.34. The van der Waals surface area contributed by atoms with E-state index < -0.39 is 6.10 Å². The number of nitrogens with zero attached hydrogens (tertiary/aromatic N) is 1. The molecule has 0 spiro atoms. The topological polar surface area (TPSA) is 50.7 Å². The molecule has 0 aliphatic heterocycles. The summed E-state index contributed by atoms with van der Waals surface area (Å²) in [7, 11) is 0. The zero-order valence-corrected chi connectivity index (χ0v) is 15.8. The van der Waals surface area contributed by atoms with E-state index in [0.29, 0.717) is 15.8 Å². The highest BCUT2D eigenvalue weighted by Gasteiger charge is 2.17. The molecule has 25 heavy (non-hydrogen) atoms. The molecule has 0 saturated heterocycles. The van der Waals surface area contributed by atoms with Crippen LogP contribution in [0.5, 0.6) is 5.75 Å². The van der Waals surface area contributed by atoms with E-state index in [0.717, 1.165) is 11.3 Å². The number of rotatable bonds is 6. The normalized spacial score (nSPS) is 12.8. The number of hydrogen-bond acceptors (Lipinski definition) is 3. The molecule has 2 aromatic carbocycles. The first-order chi connectivity index (χ1) is 11.9. The molecule has 0 aromatic heterocycles. The van der Waals surface area contributed by atoms with E-state index in [4.69, 9.17) is 27.9 Å². The third-order valence-corrected chi connectivity index (χ3v) is 4.00. The largest absolute Gasteiger partial charge is 0.479 e. The molecule has 4 nitrogen and oxygen atoms in total. The molecule has 132 valence electrons. The van der Waals surface area contributed by atoms with Crippen molar-refractivity contribution in [1.29, 1.82) is 0 Å². The second-order valence-electron chi connectivity index (χ2n) is 5.83. The number of carbonyl (C=O) groups is 1. The van der Waals surface area contributed by atoms with E-state index in [-0.39, 0.29) is 11.8 Å². The van der Waals surface area contributed by atoms with Gasteiger partial charge in [0, 0.05) is 5.02 Å². The van der Waals surface area contributed by atoms with E-state index in [9.17, 15) is 4.79 Å². The Balaban J connectivity index is 2.06. The number of hydrogen-bond donors (Lipinski definition) is 1. The summed E-state index contributed by atoms with van der Waals surface area (Å²) in [5, 5.41) is 5.13. The molecule has 1 N–H and O–H groups in total. The van der Waals surface area contributed by atoms with Crippen molar-refractivity contribution in [3.05, 3.63) is 64.1 Å². The van der Waals surface area contributed by atoms with Gasteiger partial charge in [0.15, 0.2) is 6.10 Å². The number of hydrazone groups is 1. The Kier molecular flexibility index (Phi) is 6.85. The van der Waals surface area contributed by atoms with Gasteiger partial charge in [0.05, 0.1) is 10.7 Å². The Morgan fingerprint density at radius 2 is 1.76 bits per heavy atom. The maximum Gasteiger partial charge on any atom is 0.280 e. The van der Waals surface area contributed by atoms with Crippen molar-refractivity contribution in [2.24, 2.45) is 11.0 Å². The van der Waals surface area contributed by atoms with Crippen LogP contribution in [0.3, 0.4) is 0 Å². The predicted molar refractivity (Wildman–Crippen MR) is 103 cm³/mol. The molecular weight excluding hydrogens is 359 g/mol. The van der Waals surface area contributed by atoms with Crippen LogP contribution in [0.1, 0.15) is 26.3 Å². The van der Waals surface area contributed by atoms with Crippen LogP contribution in [0.15, 0.2) is 53.6 Å². The molecule has 1 unspecified atom stereocenters. The summed E-state index contributed by atoms with van der Waals surface area (Å²) in [5.41, 5.74) is 4.33. The van der Waals surface area contributed by atoms with Crippen LogP contribution < -0.4 is 10.2 Å². The highest BCUT2D eigenvalue weighted by atomic mass is 35.5. The lowest BCUT2D eigenvalue weighted by molar-refractivity contribution is -0.127. The number of amides is 1. The molecule has 0 fully saturated rings. The standard InChI is InChI=1S/C19H20Cl2N2O2/c1-12(2)18(14-7-5-4-6-8-14)22-23-19(24)13(3)25-17-10-9-15(20)11-16(17)21/h4-13H,1-3H3,(H,23,24). The fourth-order valence-electron chi connectivity index (χ4n) is 2.16. The summed E-state index contributed by atoms with van der Waals surface area (Å²) in [5.74, 6) is 0.189. The predicted octanol–water partition coefficient (Wildman–Crippen LogP) is 4.94. The van der Waals surface area contributed by atoms with Crippen LogP contribution in [-0.4, -0.2) is 17.7 Å². The Morgan fingerprint density at radius 3 is 2.36 bits per heavy atom. The zero-order valence-electron chi connectivity index (χ0n) is 14.3. The van der Waals surface area contributed by atoms with Gasteiger partial charge in [-0.15, -0.1) is 0 Å². The van der Waals surface area contributed by atoms with Gasteiger partial charge in [-0.1, -0.05) is 67.4 Å². The van der Waals surface area contributed by atoms with Gasteiger partial charge in [-0.2, -0.15) is 5.10 Å². The van der Waals surface area contributed by atoms with Gasteiger partial charge >= 0.3 is 0 Å². The summed E-state index contributed by atoms with van der Waals surface area (Å²) in [6, 6.07) is 14.6. The van der Waals surface area contributed by atoms with Gasteiger partial charge in [0.25, 0.3) is 5.91 Å². The molecule has 2 aromatic rings. The minimum Gasteiger partial charge on any atom is -0.479 e. The molecular formula is C19H20Cl2N2O2.